The molecule has 2 aromatic heterocycles. The number of aliphatic hydroxyl groups excluding tert-OH is 1. The van der Waals surface area contributed by atoms with Gasteiger partial charge in [-0.05, 0) is 26.3 Å². The Balaban J connectivity index is 1.68. The molecular weight excluding hydrogens is 528 g/mol. The number of nitrogens with zero attached hydrogens (tertiary/aromatic N) is 2. The van der Waals surface area contributed by atoms with Gasteiger partial charge in [0.05, 0.1) is 18.2 Å². The highest BCUT2D eigenvalue weighted by Crippen LogP contribution is 2.21. The van der Waals surface area contributed by atoms with Gasteiger partial charge in [-0.1, -0.05) is 30.3 Å². The van der Waals surface area contributed by atoms with E-state index in [1.54, 1.807) is 24.6 Å². The fraction of sp³-hybridized carbons (Fsp3) is 0.360. The van der Waals surface area contributed by atoms with Gasteiger partial charge in [0.2, 0.25) is 11.8 Å². The molecule has 0 saturated carbocycles. The van der Waals surface area contributed by atoms with Crippen molar-refractivity contribution in [2.45, 2.75) is 57.5 Å². The van der Waals surface area contributed by atoms with E-state index in [1.807, 2.05) is 30.3 Å². The molecule has 0 saturated heterocycles. The zero-order valence-corrected chi connectivity index (χ0v) is 22.6. The van der Waals surface area contributed by atoms with E-state index in [1.165, 1.54) is 29.6 Å². The molecule has 0 fully saturated rings. The first-order valence-corrected chi connectivity index (χ1v) is 13.7. The number of amides is 4. The Hall–Kier alpha value is -3.68. The molecule has 5 N–H and O–H groups in total. The molecule has 1 aliphatic rings. The van der Waals surface area contributed by atoms with Crippen LogP contribution >= 0.6 is 22.7 Å². The van der Waals surface area contributed by atoms with Crippen molar-refractivity contribution < 1.29 is 24.3 Å². The second-order valence-corrected chi connectivity index (χ2v) is 10.8. The summed E-state index contributed by atoms with van der Waals surface area (Å²) in [4.78, 5) is 61.0. The fourth-order valence-electron chi connectivity index (χ4n) is 3.83. The van der Waals surface area contributed by atoms with Crippen LogP contribution in [0.4, 0.5) is 0 Å². The zero-order valence-electron chi connectivity index (χ0n) is 20.9. The number of nitrogens with one attached hydrogen (secondary N) is 4. The van der Waals surface area contributed by atoms with Crippen molar-refractivity contribution in [1.82, 2.24) is 31.2 Å². The summed E-state index contributed by atoms with van der Waals surface area (Å²) in [6.45, 7) is 4.82. The molecule has 1 aliphatic heterocycles. The van der Waals surface area contributed by atoms with Gasteiger partial charge in [0.25, 0.3) is 11.8 Å². The van der Waals surface area contributed by atoms with Crippen LogP contribution in [0, 0.1) is 0 Å². The Kier molecular flexibility index (Phi) is 8.49. The second-order valence-electron chi connectivity index (χ2n) is 9.01. The normalized spacial score (nSPS) is 23.8. The van der Waals surface area contributed by atoms with Gasteiger partial charge in [0.15, 0.2) is 0 Å². The van der Waals surface area contributed by atoms with Crippen molar-refractivity contribution in [3.05, 3.63) is 68.1 Å². The number of thiazole rings is 2. The predicted octanol–water partition coefficient (Wildman–Crippen LogP) is 1.49. The van der Waals surface area contributed by atoms with Crippen LogP contribution in [-0.4, -0.2) is 56.9 Å². The summed E-state index contributed by atoms with van der Waals surface area (Å²) >= 11 is 2.41. The molecule has 0 radical (unpaired) electrons. The minimum atomic E-state index is -1.30. The fourth-order valence-corrected chi connectivity index (χ4v) is 5.44. The minimum Gasteiger partial charge on any atom is -0.391 e. The molecule has 3 heterocycles. The van der Waals surface area contributed by atoms with E-state index in [0.29, 0.717) is 10.0 Å². The highest BCUT2D eigenvalue weighted by Gasteiger charge is 2.32. The molecule has 38 heavy (non-hydrogen) atoms. The van der Waals surface area contributed by atoms with Gasteiger partial charge in [-0.15, -0.1) is 22.7 Å². The number of aromatic nitrogens is 2. The van der Waals surface area contributed by atoms with E-state index in [9.17, 15) is 24.3 Å². The molecular formula is C25H28N6O5S2. The topological polar surface area (TPSA) is 162 Å². The lowest BCUT2D eigenvalue weighted by Gasteiger charge is -2.25. The number of fused-ring (bicyclic) bond motifs is 4. The van der Waals surface area contributed by atoms with E-state index in [4.69, 9.17) is 0 Å². The summed E-state index contributed by atoms with van der Waals surface area (Å²) in [5, 5.41) is 25.3. The van der Waals surface area contributed by atoms with E-state index in [-0.39, 0.29) is 17.8 Å². The molecule has 4 rings (SSSR count). The van der Waals surface area contributed by atoms with Crippen molar-refractivity contribution in [1.29, 1.82) is 0 Å². The SMILES string of the molecule is C[C@H]1NC(=O)c2csc(n2)[C@@H](C)NC(=O)C([C@@H](C)O)NC(=O)[C@H](Cc2ccccc2)NC(=O)c2csc1n2. The van der Waals surface area contributed by atoms with Crippen LogP contribution in [0.2, 0.25) is 0 Å². The lowest BCUT2D eigenvalue weighted by atomic mass is 10.0. The van der Waals surface area contributed by atoms with Crippen LogP contribution in [0.1, 0.15) is 69.4 Å². The minimum absolute atomic E-state index is 0.0904. The molecule has 4 amide bonds. The number of carbonyl (C=O) groups is 4. The van der Waals surface area contributed by atoms with E-state index in [2.05, 4.69) is 31.2 Å². The summed E-state index contributed by atoms with van der Waals surface area (Å²) in [5.41, 5.74) is 1.06. The van der Waals surface area contributed by atoms with Gasteiger partial charge in [0.1, 0.15) is 33.5 Å². The van der Waals surface area contributed by atoms with Gasteiger partial charge in [-0.25, -0.2) is 9.97 Å². The Morgan fingerprint density at radius 1 is 0.816 bits per heavy atom. The number of benzene rings is 1. The van der Waals surface area contributed by atoms with Gasteiger partial charge in [-0.3, -0.25) is 19.2 Å². The molecule has 4 bridgehead atoms. The highest BCUT2D eigenvalue weighted by molar-refractivity contribution is 7.10. The van der Waals surface area contributed by atoms with Crippen molar-refractivity contribution in [3.63, 3.8) is 0 Å². The first kappa shape index (κ1) is 27.4. The van der Waals surface area contributed by atoms with Crippen molar-refractivity contribution >= 4 is 46.3 Å². The third-order valence-corrected chi connectivity index (χ3v) is 7.98. The van der Waals surface area contributed by atoms with Gasteiger partial charge in [-0.2, -0.15) is 0 Å². The smallest absolute Gasteiger partial charge is 0.271 e. The van der Waals surface area contributed by atoms with Crippen molar-refractivity contribution in [2.24, 2.45) is 0 Å². The summed E-state index contributed by atoms with van der Waals surface area (Å²) < 4.78 is 0. The summed E-state index contributed by atoms with van der Waals surface area (Å²) in [6.07, 6.45) is -1.08. The zero-order chi connectivity index (χ0) is 27.4. The first-order chi connectivity index (χ1) is 18.1. The summed E-state index contributed by atoms with van der Waals surface area (Å²) in [7, 11) is 0. The summed E-state index contributed by atoms with van der Waals surface area (Å²) in [6, 6.07) is 5.66. The maximum absolute atomic E-state index is 13.4. The van der Waals surface area contributed by atoms with Crippen LogP contribution in [0.15, 0.2) is 41.1 Å². The maximum atomic E-state index is 13.4. The molecule has 0 spiro atoms. The molecule has 3 aromatic rings. The van der Waals surface area contributed by atoms with Crippen LogP contribution in [0.3, 0.4) is 0 Å². The molecule has 1 unspecified atom stereocenters. The van der Waals surface area contributed by atoms with E-state index in [0.717, 1.165) is 5.56 Å². The highest BCUT2D eigenvalue weighted by atomic mass is 32.1. The monoisotopic (exact) mass is 556 g/mol. The summed E-state index contributed by atoms with van der Waals surface area (Å²) in [5.74, 6) is -2.27. The average Bonchev–Trinajstić information content (AvgIpc) is 3.57. The number of rotatable bonds is 3. The molecule has 200 valence electrons. The van der Waals surface area contributed by atoms with E-state index >= 15 is 0 Å². The third-order valence-electron chi connectivity index (χ3n) is 5.92. The van der Waals surface area contributed by atoms with Crippen LogP contribution in [0.25, 0.3) is 0 Å². The van der Waals surface area contributed by atoms with Gasteiger partial charge >= 0.3 is 0 Å². The largest absolute Gasteiger partial charge is 0.391 e. The van der Waals surface area contributed by atoms with Crippen molar-refractivity contribution in [2.75, 3.05) is 0 Å². The van der Waals surface area contributed by atoms with Gasteiger partial charge in [0, 0.05) is 17.2 Å². The Bertz CT molecular complexity index is 1320. The van der Waals surface area contributed by atoms with Crippen molar-refractivity contribution in [3.8, 4) is 0 Å². The molecule has 0 aliphatic carbocycles. The second kappa shape index (κ2) is 11.8. The van der Waals surface area contributed by atoms with E-state index < -0.39 is 53.9 Å². The maximum Gasteiger partial charge on any atom is 0.271 e. The quantitative estimate of drug-likeness (QED) is 0.326. The lowest BCUT2D eigenvalue weighted by molar-refractivity contribution is -0.132. The number of aliphatic hydroxyl groups is 1. The third kappa shape index (κ3) is 6.41. The molecule has 11 nitrogen and oxygen atoms in total. The molecule has 1 aromatic carbocycles. The average molecular weight is 557 g/mol. The lowest BCUT2D eigenvalue weighted by Crippen LogP contribution is -2.57. The van der Waals surface area contributed by atoms with Crippen LogP contribution in [-0.2, 0) is 16.0 Å². The van der Waals surface area contributed by atoms with Crippen LogP contribution < -0.4 is 21.3 Å². The first-order valence-electron chi connectivity index (χ1n) is 12.0. The number of hydrogen-bond acceptors (Lipinski definition) is 9. The molecule has 5 atom stereocenters. The van der Waals surface area contributed by atoms with Gasteiger partial charge < -0.3 is 26.4 Å². The predicted molar refractivity (Wildman–Crippen MR) is 142 cm³/mol. The number of carbonyl (C=O) groups excluding carboxylic acids is 4. The Morgan fingerprint density at radius 2 is 1.37 bits per heavy atom. The molecule has 13 heteroatoms. The van der Waals surface area contributed by atoms with Crippen LogP contribution in [0.5, 0.6) is 0 Å². The Labute approximate surface area is 227 Å². The Morgan fingerprint density at radius 3 is 1.95 bits per heavy atom. The standard InChI is InChI=1S/C25H28N6O5S2/c1-12-24-30-18(11-38-24)22(35)28-16(9-15-7-5-4-6-8-15)20(33)31-19(14(3)32)23(36)27-13(2)25-29-17(10-37-25)21(34)26-12/h4-8,10-14,16,19,32H,9H2,1-3H3,(H,26,34)(H,27,36)(H,28,35)(H,31,33)/t12-,13-,14-,16+,19?/m1/s1. The number of hydrogen-bond donors (Lipinski definition) is 5.